The molecule has 0 spiro atoms. The van der Waals surface area contributed by atoms with E-state index < -0.39 is 0 Å². The van der Waals surface area contributed by atoms with Crippen LogP contribution >= 0.6 is 0 Å². The van der Waals surface area contributed by atoms with Crippen molar-refractivity contribution in [3.8, 4) is 11.3 Å². The minimum atomic E-state index is 0.00473. The Bertz CT molecular complexity index is 971. The summed E-state index contributed by atoms with van der Waals surface area (Å²) in [5.41, 5.74) is 4.44. The van der Waals surface area contributed by atoms with E-state index in [0.29, 0.717) is 11.6 Å². The molecule has 0 aliphatic heterocycles. The van der Waals surface area contributed by atoms with Crippen molar-refractivity contribution in [3.05, 3.63) is 54.7 Å². The van der Waals surface area contributed by atoms with Crippen LogP contribution in [0.1, 0.15) is 19.8 Å². The van der Waals surface area contributed by atoms with Gasteiger partial charge in [-0.25, -0.2) is 4.52 Å². The van der Waals surface area contributed by atoms with E-state index in [-0.39, 0.29) is 11.8 Å². The highest BCUT2D eigenvalue weighted by Gasteiger charge is 2.30. The fourth-order valence-corrected chi connectivity index (χ4v) is 2.74. The van der Waals surface area contributed by atoms with E-state index >= 15 is 0 Å². The predicted octanol–water partition coefficient (Wildman–Crippen LogP) is 3.69. The van der Waals surface area contributed by atoms with E-state index in [1.807, 2.05) is 49.4 Å². The molecule has 0 atom stereocenters. The zero-order chi connectivity index (χ0) is 17.4. The molecule has 126 valence electrons. The molecule has 2 aromatic heterocycles. The fraction of sp³-hybridized carbons (Fsp3) is 0.211. The number of pyridine rings is 1. The average molecular weight is 333 g/mol. The topological polar surface area (TPSA) is 71.3 Å². The van der Waals surface area contributed by atoms with E-state index in [1.54, 1.807) is 4.52 Å². The van der Waals surface area contributed by atoms with Crippen LogP contribution in [0.15, 0.2) is 54.7 Å². The predicted molar refractivity (Wildman–Crippen MR) is 98.2 cm³/mol. The number of benzene rings is 1. The number of carbonyl (C=O) groups excluding carboxylic acids is 1. The molecule has 1 aliphatic carbocycles. The molecule has 0 unspecified atom stereocenters. The van der Waals surface area contributed by atoms with Crippen LogP contribution in [0.5, 0.6) is 0 Å². The van der Waals surface area contributed by atoms with Crippen molar-refractivity contribution >= 4 is 23.2 Å². The van der Waals surface area contributed by atoms with Crippen molar-refractivity contribution in [2.45, 2.75) is 19.8 Å². The summed E-state index contributed by atoms with van der Waals surface area (Å²) in [6, 6.07) is 13.8. The molecule has 6 heteroatoms. The lowest BCUT2D eigenvalue weighted by Crippen LogP contribution is -2.14. The average Bonchev–Trinajstić information content (AvgIpc) is 3.34. The van der Waals surface area contributed by atoms with Crippen LogP contribution in [0.25, 0.3) is 16.9 Å². The second kappa shape index (κ2) is 6.05. The van der Waals surface area contributed by atoms with Gasteiger partial charge >= 0.3 is 0 Å². The van der Waals surface area contributed by atoms with Crippen LogP contribution in [-0.4, -0.2) is 20.5 Å². The summed E-state index contributed by atoms with van der Waals surface area (Å²) in [6.45, 7) is 5.79. The fourth-order valence-electron chi connectivity index (χ4n) is 2.74. The first-order chi connectivity index (χ1) is 12.1. The Morgan fingerprint density at radius 3 is 2.76 bits per heavy atom. The van der Waals surface area contributed by atoms with Gasteiger partial charge in [-0.05, 0) is 44.0 Å². The third-order valence-electron chi connectivity index (χ3n) is 4.06. The van der Waals surface area contributed by atoms with Crippen LogP contribution in [0.4, 0.5) is 11.6 Å². The van der Waals surface area contributed by atoms with E-state index in [2.05, 4.69) is 27.3 Å². The summed E-state index contributed by atoms with van der Waals surface area (Å²) in [5, 5.41) is 10.5. The van der Waals surface area contributed by atoms with Crippen molar-refractivity contribution in [2.75, 3.05) is 10.6 Å². The van der Waals surface area contributed by atoms with Crippen LogP contribution in [0, 0.1) is 5.92 Å². The minimum absolute atomic E-state index is 0.00473. The Morgan fingerprint density at radius 2 is 2.00 bits per heavy atom. The second-order valence-corrected chi connectivity index (χ2v) is 6.37. The molecule has 0 saturated heterocycles. The van der Waals surface area contributed by atoms with Gasteiger partial charge in [-0.15, -0.1) is 5.10 Å². The van der Waals surface area contributed by atoms with Gasteiger partial charge in [-0.3, -0.25) is 10.1 Å². The van der Waals surface area contributed by atoms with Crippen LogP contribution < -0.4 is 10.6 Å². The van der Waals surface area contributed by atoms with Crippen LogP contribution in [0.3, 0.4) is 0 Å². The summed E-state index contributed by atoms with van der Waals surface area (Å²) < 4.78 is 1.75. The van der Waals surface area contributed by atoms with E-state index in [9.17, 15) is 4.79 Å². The standard InChI is InChI=1S/C19H19N5O/c1-12(2)20-15-6-3-5-14(11-15)16-7-4-8-17-21-19(23-24(16)17)22-18(25)13-9-10-13/h3-8,11,13,20H,1,9-10H2,2H3,(H,22,23,25). The Kier molecular flexibility index (Phi) is 3.72. The summed E-state index contributed by atoms with van der Waals surface area (Å²) in [4.78, 5) is 16.3. The molecule has 1 fully saturated rings. The maximum atomic E-state index is 11.9. The lowest BCUT2D eigenvalue weighted by molar-refractivity contribution is -0.117. The van der Waals surface area contributed by atoms with Crippen molar-refractivity contribution in [2.24, 2.45) is 5.92 Å². The molecule has 4 rings (SSSR count). The number of anilines is 2. The highest BCUT2D eigenvalue weighted by atomic mass is 16.2. The molecule has 1 aromatic carbocycles. The smallest absolute Gasteiger partial charge is 0.249 e. The van der Waals surface area contributed by atoms with Gasteiger partial charge in [0.1, 0.15) is 0 Å². The van der Waals surface area contributed by atoms with E-state index in [0.717, 1.165) is 35.5 Å². The number of nitrogens with one attached hydrogen (secondary N) is 2. The van der Waals surface area contributed by atoms with Gasteiger partial charge in [-0.1, -0.05) is 24.8 Å². The maximum absolute atomic E-state index is 11.9. The molecule has 1 amide bonds. The number of hydrogen-bond donors (Lipinski definition) is 2. The summed E-state index contributed by atoms with van der Waals surface area (Å²) in [5.74, 6) is 0.474. The molecule has 0 radical (unpaired) electrons. The van der Waals surface area contributed by atoms with Crippen molar-refractivity contribution in [3.63, 3.8) is 0 Å². The second-order valence-electron chi connectivity index (χ2n) is 6.37. The Morgan fingerprint density at radius 1 is 1.20 bits per heavy atom. The molecule has 2 N–H and O–H groups in total. The number of fused-ring (bicyclic) bond motifs is 1. The molecular formula is C19H19N5O. The van der Waals surface area contributed by atoms with Crippen molar-refractivity contribution in [1.29, 1.82) is 0 Å². The third kappa shape index (κ3) is 3.24. The van der Waals surface area contributed by atoms with Crippen LogP contribution in [-0.2, 0) is 4.79 Å². The first-order valence-electron chi connectivity index (χ1n) is 8.30. The zero-order valence-electron chi connectivity index (χ0n) is 14.0. The highest BCUT2D eigenvalue weighted by Crippen LogP contribution is 2.30. The number of hydrogen-bond acceptors (Lipinski definition) is 4. The van der Waals surface area contributed by atoms with Gasteiger partial charge in [0.25, 0.3) is 0 Å². The molecule has 3 aromatic rings. The van der Waals surface area contributed by atoms with Gasteiger partial charge < -0.3 is 5.32 Å². The SMILES string of the molecule is C=C(C)Nc1cccc(-c2cccc3nc(NC(=O)C4CC4)nn23)c1. The number of nitrogens with zero attached hydrogens (tertiary/aromatic N) is 3. The molecule has 1 saturated carbocycles. The largest absolute Gasteiger partial charge is 0.360 e. The maximum Gasteiger partial charge on any atom is 0.249 e. The van der Waals surface area contributed by atoms with Gasteiger partial charge in [0.15, 0.2) is 5.65 Å². The lowest BCUT2D eigenvalue weighted by atomic mass is 10.1. The van der Waals surface area contributed by atoms with Gasteiger partial charge in [-0.2, -0.15) is 4.98 Å². The Balaban J connectivity index is 1.70. The summed E-state index contributed by atoms with van der Waals surface area (Å²) in [7, 11) is 0. The summed E-state index contributed by atoms with van der Waals surface area (Å²) in [6.07, 6.45) is 1.90. The Hall–Kier alpha value is -3.15. The number of carbonyl (C=O) groups is 1. The minimum Gasteiger partial charge on any atom is -0.360 e. The molecular weight excluding hydrogens is 314 g/mol. The molecule has 1 aliphatic rings. The number of aromatic nitrogens is 3. The molecule has 25 heavy (non-hydrogen) atoms. The first-order valence-corrected chi connectivity index (χ1v) is 8.30. The van der Waals surface area contributed by atoms with E-state index in [1.165, 1.54) is 0 Å². The van der Waals surface area contributed by atoms with Gasteiger partial charge in [0.05, 0.1) is 5.69 Å². The Labute approximate surface area is 145 Å². The molecule has 2 heterocycles. The highest BCUT2D eigenvalue weighted by molar-refractivity contribution is 5.92. The number of amides is 1. The zero-order valence-corrected chi connectivity index (χ0v) is 14.0. The summed E-state index contributed by atoms with van der Waals surface area (Å²) >= 11 is 0. The molecule has 0 bridgehead atoms. The lowest BCUT2D eigenvalue weighted by Gasteiger charge is -2.08. The number of allylic oxidation sites excluding steroid dienone is 1. The van der Waals surface area contributed by atoms with Crippen LogP contribution in [0.2, 0.25) is 0 Å². The van der Waals surface area contributed by atoms with Crippen molar-refractivity contribution < 1.29 is 4.79 Å². The van der Waals surface area contributed by atoms with Crippen molar-refractivity contribution in [1.82, 2.24) is 14.6 Å². The van der Waals surface area contributed by atoms with Gasteiger partial charge in [0.2, 0.25) is 11.9 Å². The normalized spacial score (nSPS) is 13.6. The first kappa shape index (κ1) is 15.4. The number of rotatable bonds is 5. The molecule has 6 nitrogen and oxygen atoms in total. The van der Waals surface area contributed by atoms with E-state index in [4.69, 9.17) is 0 Å². The quantitative estimate of drug-likeness (QED) is 0.747. The van der Waals surface area contributed by atoms with Gasteiger partial charge in [0, 0.05) is 22.9 Å². The third-order valence-corrected chi connectivity index (χ3v) is 4.06. The monoisotopic (exact) mass is 333 g/mol.